The number of carbonyl (C=O) groups is 2. The van der Waals surface area contributed by atoms with Crippen molar-refractivity contribution < 1.29 is 23.9 Å². The van der Waals surface area contributed by atoms with Crippen molar-refractivity contribution >= 4 is 11.8 Å². The lowest BCUT2D eigenvalue weighted by Crippen LogP contribution is -2.37. The first kappa shape index (κ1) is 17.7. The van der Waals surface area contributed by atoms with Crippen LogP contribution in [0.3, 0.4) is 0 Å². The molecule has 2 unspecified atom stereocenters. The molecule has 2 aliphatic rings. The number of hydrogen-bond acceptors (Lipinski definition) is 5. The number of nitrogens with zero attached hydrogens (tertiary/aromatic N) is 1. The molecule has 7 heteroatoms. The minimum absolute atomic E-state index is 0.0233. The second kappa shape index (κ2) is 8.31. The molecule has 0 bridgehead atoms. The molecule has 7 nitrogen and oxygen atoms in total. The lowest BCUT2D eigenvalue weighted by atomic mass is 10.1. The van der Waals surface area contributed by atoms with Crippen molar-refractivity contribution in [3.8, 4) is 5.75 Å². The van der Waals surface area contributed by atoms with E-state index < -0.39 is 5.92 Å². The molecule has 136 valence electrons. The third-order valence-corrected chi connectivity index (χ3v) is 4.55. The van der Waals surface area contributed by atoms with Crippen LogP contribution in [0.4, 0.5) is 0 Å². The number of hydroxylamine groups is 1. The Kier molecular flexibility index (Phi) is 5.88. The molecule has 2 saturated heterocycles. The average Bonchev–Trinajstić information content (AvgIpc) is 3.02. The Labute approximate surface area is 147 Å². The molecule has 3 rings (SSSR count). The topological polar surface area (TPSA) is 77.1 Å². The molecule has 0 saturated carbocycles. The number of rotatable bonds is 6. The average molecular weight is 348 g/mol. The van der Waals surface area contributed by atoms with Crippen LogP contribution in [0.2, 0.25) is 0 Å². The van der Waals surface area contributed by atoms with Gasteiger partial charge in [-0.15, -0.1) is 0 Å². The van der Waals surface area contributed by atoms with E-state index in [-0.39, 0.29) is 24.5 Å². The molecule has 0 radical (unpaired) electrons. The number of likely N-dealkylation sites (tertiary alicyclic amines) is 1. The van der Waals surface area contributed by atoms with Gasteiger partial charge < -0.3 is 14.4 Å². The van der Waals surface area contributed by atoms with Gasteiger partial charge in [-0.25, -0.2) is 10.3 Å². The van der Waals surface area contributed by atoms with Gasteiger partial charge in [-0.1, -0.05) is 12.1 Å². The molecule has 0 aromatic heterocycles. The number of methoxy groups -OCH3 is 1. The van der Waals surface area contributed by atoms with E-state index >= 15 is 0 Å². The van der Waals surface area contributed by atoms with Gasteiger partial charge in [-0.3, -0.25) is 9.59 Å². The summed E-state index contributed by atoms with van der Waals surface area (Å²) in [6.45, 7) is 1.53. The molecule has 0 spiro atoms. The highest BCUT2D eigenvalue weighted by atomic mass is 16.8. The molecule has 1 aromatic carbocycles. The maximum absolute atomic E-state index is 12.2. The van der Waals surface area contributed by atoms with Gasteiger partial charge in [0.15, 0.2) is 6.29 Å². The largest absolute Gasteiger partial charge is 0.497 e. The van der Waals surface area contributed by atoms with Crippen molar-refractivity contribution in [3.05, 3.63) is 29.8 Å². The van der Waals surface area contributed by atoms with E-state index in [0.717, 1.165) is 30.6 Å². The zero-order valence-electron chi connectivity index (χ0n) is 14.4. The molecule has 2 fully saturated rings. The maximum atomic E-state index is 12.2. The zero-order chi connectivity index (χ0) is 17.6. The number of carbonyl (C=O) groups excluding carboxylic acids is 2. The summed E-state index contributed by atoms with van der Waals surface area (Å²) in [5.74, 6) is 0.0924. The monoisotopic (exact) mass is 348 g/mol. The van der Waals surface area contributed by atoms with Gasteiger partial charge in [0.25, 0.3) is 0 Å². The second-order valence-corrected chi connectivity index (χ2v) is 6.40. The van der Waals surface area contributed by atoms with Crippen molar-refractivity contribution in [2.24, 2.45) is 5.92 Å². The van der Waals surface area contributed by atoms with E-state index in [9.17, 15) is 9.59 Å². The van der Waals surface area contributed by atoms with E-state index in [1.165, 1.54) is 0 Å². The van der Waals surface area contributed by atoms with Crippen molar-refractivity contribution in [1.82, 2.24) is 10.4 Å². The van der Waals surface area contributed by atoms with Gasteiger partial charge in [-0.05, 0) is 30.5 Å². The van der Waals surface area contributed by atoms with E-state index in [1.807, 2.05) is 24.3 Å². The molecule has 2 amide bonds. The van der Waals surface area contributed by atoms with Crippen molar-refractivity contribution in [3.63, 3.8) is 0 Å². The third kappa shape index (κ3) is 4.70. The summed E-state index contributed by atoms with van der Waals surface area (Å²) in [5, 5.41) is 0. The van der Waals surface area contributed by atoms with E-state index in [0.29, 0.717) is 19.7 Å². The fourth-order valence-electron chi connectivity index (χ4n) is 3.06. The van der Waals surface area contributed by atoms with Crippen LogP contribution in [0.25, 0.3) is 0 Å². The van der Waals surface area contributed by atoms with Crippen LogP contribution in [0.1, 0.15) is 31.2 Å². The standard InChI is InChI=1S/C18H24N2O5/c1-23-15-7-5-13(6-8-15)11-20-12-14(10-16(20)21)18(22)19-25-17-4-2-3-9-24-17/h5-8,14,17H,2-4,9-12H2,1H3,(H,19,22). The SMILES string of the molecule is COc1ccc(CN2CC(C(=O)NOC3CCCCO3)CC2=O)cc1. The zero-order valence-corrected chi connectivity index (χ0v) is 14.4. The fourth-order valence-corrected chi connectivity index (χ4v) is 3.06. The number of hydrogen-bond donors (Lipinski definition) is 1. The Morgan fingerprint density at radius 2 is 2.12 bits per heavy atom. The van der Waals surface area contributed by atoms with E-state index in [2.05, 4.69) is 5.48 Å². The van der Waals surface area contributed by atoms with Crippen molar-refractivity contribution in [2.45, 2.75) is 38.5 Å². The first-order valence-corrected chi connectivity index (χ1v) is 8.63. The third-order valence-electron chi connectivity index (χ3n) is 4.55. The maximum Gasteiger partial charge on any atom is 0.249 e. The van der Waals surface area contributed by atoms with Crippen LogP contribution in [-0.2, 0) is 25.7 Å². The summed E-state index contributed by atoms with van der Waals surface area (Å²) in [6.07, 6.45) is 2.64. The minimum Gasteiger partial charge on any atom is -0.497 e. The molecule has 2 aliphatic heterocycles. The molecular weight excluding hydrogens is 324 g/mol. The first-order chi connectivity index (χ1) is 12.2. The summed E-state index contributed by atoms with van der Waals surface area (Å²) in [4.78, 5) is 31.4. The summed E-state index contributed by atoms with van der Waals surface area (Å²) in [7, 11) is 1.61. The van der Waals surface area contributed by atoms with Crippen molar-refractivity contribution in [2.75, 3.05) is 20.3 Å². The van der Waals surface area contributed by atoms with Crippen LogP contribution in [0.15, 0.2) is 24.3 Å². The summed E-state index contributed by atoms with van der Waals surface area (Å²) in [6, 6.07) is 7.56. The Morgan fingerprint density at radius 3 is 2.80 bits per heavy atom. The lowest BCUT2D eigenvalue weighted by Gasteiger charge is -2.23. The van der Waals surface area contributed by atoms with Gasteiger partial charge in [0.2, 0.25) is 11.8 Å². The highest BCUT2D eigenvalue weighted by Crippen LogP contribution is 2.22. The summed E-state index contributed by atoms with van der Waals surface area (Å²) >= 11 is 0. The van der Waals surface area contributed by atoms with Crippen LogP contribution in [-0.4, -0.2) is 43.3 Å². The van der Waals surface area contributed by atoms with Crippen molar-refractivity contribution in [1.29, 1.82) is 0 Å². The Balaban J connectivity index is 1.48. The van der Waals surface area contributed by atoms with Crippen LogP contribution >= 0.6 is 0 Å². The molecule has 1 aromatic rings. The van der Waals surface area contributed by atoms with Gasteiger partial charge in [0.1, 0.15) is 5.75 Å². The second-order valence-electron chi connectivity index (χ2n) is 6.40. The number of ether oxygens (including phenoxy) is 2. The lowest BCUT2D eigenvalue weighted by molar-refractivity contribution is -0.202. The van der Waals surface area contributed by atoms with Crippen LogP contribution in [0, 0.1) is 5.92 Å². The van der Waals surface area contributed by atoms with E-state index in [4.69, 9.17) is 14.3 Å². The molecule has 0 aliphatic carbocycles. The normalized spacial score (nSPS) is 23.6. The number of benzene rings is 1. The predicted molar refractivity (Wildman–Crippen MR) is 89.3 cm³/mol. The summed E-state index contributed by atoms with van der Waals surface area (Å²) in [5.41, 5.74) is 3.46. The molecular formula is C18H24N2O5. The minimum atomic E-state index is -0.394. The molecule has 25 heavy (non-hydrogen) atoms. The first-order valence-electron chi connectivity index (χ1n) is 8.63. The van der Waals surface area contributed by atoms with Gasteiger partial charge in [0, 0.05) is 32.5 Å². The Bertz CT molecular complexity index is 598. The van der Waals surface area contributed by atoms with Crippen LogP contribution < -0.4 is 10.2 Å². The highest BCUT2D eigenvalue weighted by molar-refractivity contribution is 5.88. The number of nitrogens with one attached hydrogen (secondary N) is 1. The summed E-state index contributed by atoms with van der Waals surface area (Å²) < 4.78 is 10.5. The molecule has 1 N–H and O–H groups in total. The molecule has 2 heterocycles. The van der Waals surface area contributed by atoms with Gasteiger partial charge in [-0.2, -0.15) is 0 Å². The van der Waals surface area contributed by atoms with Crippen LogP contribution in [0.5, 0.6) is 5.75 Å². The highest BCUT2D eigenvalue weighted by Gasteiger charge is 2.34. The quantitative estimate of drug-likeness (QED) is 0.791. The smallest absolute Gasteiger partial charge is 0.249 e. The van der Waals surface area contributed by atoms with E-state index in [1.54, 1.807) is 12.0 Å². The van der Waals surface area contributed by atoms with Gasteiger partial charge >= 0.3 is 0 Å². The number of amides is 2. The Morgan fingerprint density at radius 1 is 1.32 bits per heavy atom. The Hall–Kier alpha value is -2.12. The van der Waals surface area contributed by atoms with Gasteiger partial charge in [0.05, 0.1) is 13.0 Å². The predicted octanol–water partition coefficient (Wildman–Crippen LogP) is 1.62. The molecule has 2 atom stereocenters. The fraction of sp³-hybridized carbons (Fsp3) is 0.556.